The summed E-state index contributed by atoms with van der Waals surface area (Å²) in [5.74, 6) is 0.928. The number of hydrogen-bond donors (Lipinski definition) is 0. The molecule has 0 aliphatic heterocycles. The fourth-order valence-corrected chi connectivity index (χ4v) is 1.88. The number of aryl methyl sites for hydroxylation is 2. The Morgan fingerprint density at radius 1 is 1.06 bits per heavy atom. The van der Waals surface area contributed by atoms with Crippen LogP contribution in [0.3, 0.4) is 0 Å². The van der Waals surface area contributed by atoms with E-state index >= 15 is 0 Å². The fourth-order valence-electron chi connectivity index (χ4n) is 1.88. The zero-order valence-electron chi connectivity index (χ0n) is 10.9. The minimum absolute atomic E-state index is 0.522. The maximum absolute atomic E-state index is 5.81. The van der Waals surface area contributed by atoms with Crippen LogP contribution in [0.5, 0.6) is 5.75 Å². The second-order valence-electron chi connectivity index (χ2n) is 4.53. The van der Waals surface area contributed by atoms with E-state index in [-0.39, 0.29) is 0 Å². The highest BCUT2D eigenvalue weighted by molar-refractivity contribution is 5.64. The number of hydrogen-bond acceptors (Lipinski definition) is 1. The summed E-state index contributed by atoms with van der Waals surface area (Å²) in [5.41, 5.74) is 4.54. The molecule has 0 unspecified atom stereocenters. The van der Waals surface area contributed by atoms with E-state index in [0.29, 0.717) is 6.61 Å². The van der Waals surface area contributed by atoms with E-state index in [2.05, 4.69) is 32.6 Å². The predicted octanol–water partition coefficient (Wildman–Crippen LogP) is 4.40. The number of ether oxygens (including phenoxy) is 1. The first kappa shape index (κ1) is 12.4. The molecule has 2 aromatic rings. The molecule has 2 rings (SSSR count). The molecule has 0 saturated carbocycles. The van der Waals surface area contributed by atoms with Gasteiger partial charge >= 0.3 is 0 Å². The first-order chi connectivity index (χ1) is 8.66. The van der Waals surface area contributed by atoms with Gasteiger partial charge in [0.25, 0.3) is 0 Å². The molecule has 0 atom stereocenters. The van der Waals surface area contributed by atoms with Gasteiger partial charge < -0.3 is 4.74 Å². The molecule has 0 heterocycles. The maximum atomic E-state index is 5.81. The van der Waals surface area contributed by atoms with Crippen molar-refractivity contribution in [3.63, 3.8) is 0 Å². The van der Waals surface area contributed by atoms with E-state index in [0.717, 1.165) is 22.4 Å². The molecule has 0 fully saturated rings. The SMILES string of the molecule is C=C(COc1ccc(C)cc1C)c1ccccc1. The normalized spacial score (nSPS) is 10.1. The largest absolute Gasteiger partial charge is 0.489 e. The third-order valence-electron chi connectivity index (χ3n) is 2.91. The van der Waals surface area contributed by atoms with Crippen molar-refractivity contribution in [1.82, 2.24) is 0 Å². The Morgan fingerprint density at radius 2 is 1.78 bits per heavy atom. The van der Waals surface area contributed by atoms with Crippen LogP contribution in [0.4, 0.5) is 0 Å². The van der Waals surface area contributed by atoms with Crippen molar-refractivity contribution >= 4 is 5.57 Å². The standard InChI is InChI=1S/C17H18O/c1-13-9-10-17(14(2)11-13)18-12-15(3)16-7-5-4-6-8-16/h4-11H,3,12H2,1-2H3. The molecule has 0 saturated heterocycles. The van der Waals surface area contributed by atoms with Crippen LogP contribution in [0, 0.1) is 13.8 Å². The minimum Gasteiger partial charge on any atom is -0.489 e. The number of rotatable bonds is 4. The van der Waals surface area contributed by atoms with Gasteiger partial charge in [-0.1, -0.05) is 54.6 Å². The van der Waals surface area contributed by atoms with Crippen molar-refractivity contribution < 1.29 is 4.74 Å². The quantitative estimate of drug-likeness (QED) is 0.767. The summed E-state index contributed by atoms with van der Waals surface area (Å²) in [7, 11) is 0. The molecule has 0 aromatic heterocycles. The molecular weight excluding hydrogens is 220 g/mol. The predicted molar refractivity (Wildman–Crippen MR) is 76.9 cm³/mol. The van der Waals surface area contributed by atoms with Crippen LogP contribution in [0.25, 0.3) is 5.57 Å². The summed E-state index contributed by atoms with van der Waals surface area (Å²) in [6.45, 7) is 8.73. The van der Waals surface area contributed by atoms with Gasteiger partial charge in [-0.25, -0.2) is 0 Å². The van der Waals surface area contributed by atoms with Gasteiger partial charge in [0.1, 0.15) is 12.4 Å². The molecule has 0 aliphatic carbocycles. The van der Waals surface area contributed by atoms with Crippen molar-refractivity contribution in [1.29, 1.82) is 0 Å². The molecular formula is C17H18O. The fraction of sp³-hybridized carbons (Fsp3) is 0.176. The molecule has 0 radical (unpaired) electrons. The van der Waals surface area contributed by atoms with Gasteiger partial charge in [0.15, 0.2) is 0 Å². The average molecular weight is 238 g/mol. The number of benzene rings is 2. The van der Waals surface area contributed by atoms with Crippen LogP contribution in [0.1, 0.15) is 16.7 Å². The first-order valence-corrected chi connectivity index (χ1v) is 6.10. The Labute approximate surface area is 109 Å². The molecule has 1 heteroatoms. The molecule has 0 amide bonds. The van der Waals surface area contributed by atoms with Crippen molar-refractivity contribution in [2.45, 2.75) is 13.8 Å². The summed E-state index contributed by atoms with van der Waals surface area (Å²) in [5, 5.41) is 0. The molecule has 0 bridgehead atoms. The van der Waals surface area contributed by atoms with E-state index in [9.17, 15) is 0 Å². The van der Waals surface area contributed by atoms with Crippen LogP contribution in [0.15, 0.2) is 55.1 Å². The summed E-state index contributed by atoms with van der Waals surface area (Å²) in [4.78, 5) is 0. The lowest BCUT2D eigenvalue weighted by atomic mass is 10.1. The van der Waals surface area contributed by atoms with Gasteiger partial charge in [0, 0.05) is 0 Å². The van der Waals surface area contributed by atoms with E-state index in [1.807, 2.05) is 36.4 Å². The van der Waals surface area contributed by atoms with Crippen LogP contribution in [-0.4, -0.2) is 6.61 Å². The lowest BCUT2D eigenvalue weighted by Crippen LogP contribution is -2.01. The van der Waals surface area contributed by atoms with Crippen molar-refractivity contribution in [2.24, 2.45) is 0 Å². The van der Waals surface area contributed by atoms with Crippen molar-refractivity contribution in [3.05, 3.63) is 71.8 Å². The third-order valence-corrected chi connectivity index (χ3v) is 2.91. The van der Waals surface area contributed by atoms with Crippen molar-refractivity contribution in [2.75, 3.05) is 6.61 Å². The monoisotopic (exact) mass is 238 g/mol. The second kappa shape index (κ2) is 5.54. The molecule has 0 aliphatic rings. The molecule has 2 aromatic carbocycles. The van der Waals surface area contributed by atoms with Gasteiger partial charge in [0.05, 0.1) is 0 Å². The van der Waals surface area contributed by atoms with Crippen LogP contribution >= 0.6 is 0 Å². The Morgan fingerprint density at radius 3 is 2.44 bits per heavy atom. The molecule has 0 N–H and O–H groups in total. The summed E-state index contributed by atoms with van der Waals surface area (Å²) in [6.07, 6.45) is 0. The Hall–Kier alpha value is -2.02. The summed E-state index contributed by atoms with van der Waals surface area (Å²) >= 11 is 0. The summed E-state index contributed by atoms with van der Waals surface area (Å²) in [6, 6.07) is 16.3. The topological polar surface area (TPSA) is 9.23 Å². The van der Waals surface area contributed by atoms with Crippen molar-refractivity contribution in [3.8, 4) is 5.75 Å². The Kier molecular flexibility index (Phi) is 3.83. The first-order valence-electron chi connectivity index (χ1n) is 6.10. The molecule has 18 heavy (non-hydrogen) atoms. The molecule has 1 nitrogen and oxygen atoms in total. The third kappa shape index (κ3) is 3.01. The van der Waals surface area contributed by atoms with Gasteiger partial charge in [-0.05, 0) is 36.6 Å². The lowest BCUT2D eigenvalue weighted by Gasteiger charge is -2.11. The van der Waals surface area contributed by atoms with E-state index in [1.54, 1.807) is 0 Å². The molecule has 92 valence electrons. The maximum Gasteiger partial charge on any atom is 0.122 e. The smallest absolute Gasteiger partial charge is 0.122 e. The molecule has 0 spiro atoms. The van der Waals surface area contributed by atoms with E-state index in [4.69, 9.17) is 4.74 Å². The zero-order chi connectivity index (χ0) is 13.0. The average Bonchev–Trinajstić information content (AvgIpc) is 2.38. The highest BCUT2D eigenvalue weighted by Crippen LogP contribution is 2.21. The van der Waals surface area contributed by atoms with Crippen LogP contribution in [-0.2, 0) is 0 Å². The van der Waals surface area contributed by atoms with E-state index < -0.39 is 0 Å². The highest BCUT2D eigenvalue weighted by Gasteiger charge is 2.02. The van der Waals surface area contributed by atoms with Gasteiger partial charge in [-0.3, -0.25) is 0 Å². The zero-order valence-corrected chi connectivity index (χ0v) is 10.9. The Balaban J connectivity index is 2.02. The van der Waals surface area contributed by atoms with Gasteiger partial charge in [0.2, 0.25) is 0 Å². The van der Waals surface area contributed by atoms with E-state index in [1.165, 1.54) is 5.56 Å². The highest BCUT2D eigenvalue weighted by atomic mass is 16.5. The minimum atomic E-state index is 0.522. The Bertz CT molecular complexity index is 541. The van der Waals surface area contributed by atoms with Gasteiger partial charge in [-0.15, -0.1) is 0 Å². The second-order valence-corrected chi connectivity index (χ2v) is 4.53. The van der Waals surface area contributed by atoms with Gasteiger partial charge in [-0.2, -0.15) is 0 Å². The van der Waals surface area contributed by atoms with Crippen LogP contribution in [0.2, 0.25) is 0 Å². The lowest BCUT2D eigenvalue weighted by molar-refractivity contribution is 0.367. The van der Waals surface area contributed by atoms with Crippen LogP contribution < -0.4 is 4.74 Å². The summed E-state index contributed by atoms with van der Waals surface area (Å²) < 4.78 is 5.81.